The summed E-state index contributed by atoms with van der Waals surface area (Å²) in [6.07, 6.45) is 3.36. The molecule has 1 unspecified atom stereocenters. The van der Waals surface area contributed by atoms with Crippen molar-refractivity contribution in [3.8, 4) is 0 Å². The average Bonchev–Trinajstić information content (AvgIpc) is 2.55. The molecule has 1 atom stereocenters. The molecule has 21 heavy (non-hydrogen) atoms. The van der Waals surface area contributed by atoms with E-state index in [1.54, 1.807) is 12.1 Å². The fraction of sp³-hybridized carbons (Fsp3) is 0.529. The highest BCUT2D eigenvalue weighted by Crippen LogP contribution is 2.17. The van der Waals surface area contributed by atoms with Crippen LogP contribution in [0.25, 0.3) is 0 Å². The fourth-order valence-electron chi connectivity index (χ4n) is 2.77. The summed E-state index contributed by atoms with van der Waals surface area (Å²) in [6, 6.07) is 9.19. The second-order valence-corrected chi connectivity index (χ2v) is 5.67. The lowest BCUT2D eigenvalue weighted by molar-refractivity contribution is -0.133. The Morgan fingerprint density at radius 3 is 2.67 bits per heavy atom. The van der Waals surface area contributed by atoms with E-state index in [4.69, 9.17) is 0 Å². The Labute approximate surface area is 125 Å². The standard InChI is InChI=1S/C17H23NO3/c19-13-14-6-5-11-18(12-14)17(21)10-4-9-16(20)15-7-2-1-3-8-15/h1-3,7-8,14,19H,4-6,9-13H2. The molecule has 1 saturated heterocycles. The monoisotopic (exact) mass is 289 g/mol. The van der Waals surface area contributed by atoms with Gasteiger partial charge in [0.05, 0.1) is 0 Å². The van der Waals surface area contributed by atoms with E-state index in [1.807, 2.05) is 23.1 Å². The first-order valence-corrected chi connectivity index (χ1v) is 7.67. The van der Waals surface area contributed by atoms with Gasteiger partial charge in [-0.15, -0.1) is 0 Å². The predicted octanol–water partition coefficient (Wildman–Crippen LogP) is 2.27. The molecule has 0 radical (unpaired) electrons. The molecule has 1 amide bonds. The Balaban J connectivity index is 1.73. The van der Waals surface area contributed by atoms with Gasteiger partial charge in [0.15, 0.2) is 5.78 Å². The van der Waals surface area contributed by atoms with Gasteiger partial charge in [0.25, 0.3) is 0 Å². The van der Waals surface area contributed by atoms with Crippen LogP contribution in [0.1, 0.15) is 42.5 Å². The van der Waals surface area contributed by atoms with Crippen molar-refractivity contribution in [1.82, 2.24) is 4.90 Å². The third kappa shape index (κ3) is 4.67. The van der Waals surface area contributed by atoms with Crippen LogP contribution < -0.4 is 0 Å². The third-order valence-corrected chi connectivity index (χ3v) is 4.02. The molecule has 0 bridgehead atoms. The van der Waals surface area contributed by atoms with E-state index in [0.29, 0.717) is 31.4 Å². The van der Waals surface area contributed by atoms with Crippen LogP contribution in [0.15, 0.2) is 30.3 Å². The lowest BCUT2D eigenvalue weighted by atomic mass is 9.98. The highest BCUT2D eigenvalue weighted by atomic mass is 16.3. The number of carbonyl (C=O) groups is 2. The number of aliphatic hydroxyl groups is 1. The quantitative estimate of drug-likeness (QED) is 0.817. The smallest absolute Gasteiger partial charge is 0.222 e. The van der Waals surface area contributed by atoms with E-state index in [9.17, 15) is 14.7 Å². The van der Waals surface area contributed by atoms with Crippen LogP contribution >= 0.6 is 0 Å². The summed E-state index contributed by atoms with van der Waals surface area (Å²) >= 11 is 0. The van der Waals surface area contributed by atoms with E-state index >= 15 is 0 Å². The largest absolute Gasteiger partial charge is 0.396 e. The van der Waals surface area contributed by atoms with Gasteiger partial charge in [0.1, 0.15) is 0 Å². The van der Waals surface area contributed by atoms with Crippen molar-refractivity contribution in [3.63, 3.8) is 0 Å². The lowest BCUT2D eigenvalue weighted by Crippen LogP contribution is -2.40. The SMILES string of the molecule is O=C(CCCC(=O)N1CCCC(CO)C1)c1ccccc1. The van der Waals surface area contributed by atoms with Crippen molar-refractivity contribution in [2.24, 2.45) is 5.92 Å². The maximum atomic E-state index is 12.1. The lowest BCUT2D eigenvalue weighted by Gasteiger charge is -2.31. The first-order valence-electron chi connectivity index (χ1n) is 7.67. The van der Waals surface area contributed by atoms with Crippen LogP contribution in [0, 0.1) is 5.92 Å². The zero-order valence-corrected chi connectivity index (χ0v) is 12.3. The van der Waals surface area contributed by atoms with Gasteiger partial charge in [0.2, 0.25) is 5.91 Å². The number of hydrogen-bond donors (Lipinski definition) is 1. The first-order chi connectivity index (χ1) is 10.2. The zero-order chi connectivity index (χ0) is 15.1. The van der Waals surface area contributed by atoms with E-state index in [1.165, 1.54) is 0 Å². The summed E-state index contributed by atoms with van der Waals surface area (Å²) in [5, 5.41) is 9.18. The minimum Gasteiger partial charge on any atom is -0.396 e. The molecule has 1 aromatic rings. The summed E-state index contributed by atoms with van der Waals surface area (Å²) in [7, 11) is 0. The number of benzene rings is 1. The van der Waals surface area contributed by atoms with Crippen LogP contribution in [0.2, 0.25) is 0 Å². The molecule has 0 aliphatic carbocycles. The molecular weight excluding hydrogens is 266 g/mol. The third-order valence-electron chi connectivity index (χ3n) is 4.02. The van der Waals surface area contributed by atoms with E-state index < -0.39 is 0 Å². The summed E-state index contributed by atoms with van der Waals surface area (Å²) in [5.74, 6) is 0.415. The molecule has 0 saturated carbocycles. The number of ketones is 1. The van der Waals surface area contributed by atoms with Crippen LogP contribution in [0.3, 0.4) is 0 Å². The zero-order valence-electron chi connectivity index (χ0n) is 12.3. The van der Waals surface area contributed by atoms with E-state index in [0.717, 1.165) is 19.4 Å². The Bertz CT molecular complexity index is 472. The number of aliphatic hydroxyl groups excluding tert-OH is 1. The molecule has 1 fully saturated rings. The fourth-order valence-corrected chi connectivity index (χ4v) is 2.77. The number of rotatable bonds is 6. The van der Waals surface area contributed by atoms with Gasteiger partial charge in [-0.25, -0.2) is 0 Å². The van der Waals surface area contributed by atoms with Crippen molar-refractivity contribution >= 4 is 11.7 Å². The molecule has 1 aliphatic rings. The number of hydrogen-bond acceptors (Lipinski definition) is 3. The molecule has 0 aromatic heterocycles. The number of carbonyl (C=O) groups excluding carboxylic acids is 2. The van der Waals surface area contributed by atoms with Gasteiger partial charge >= 0.3 is 0 Å². The molecule has 114 valence electrons. The molecule has 4 heteroatoms. The molecule has 2 rings (SSSR count). The van der Waals surface area contributed by atoms with Gasteiger partial charge in [-0.3, -0.25) is 9.59 Å². The Morgan fingerprint density at radius 2 is 1.95 bits per heavy atom. The maximum absolute atomic E-state index is 12.1. The van der Waals surface area contributed by atoms with Crippen LogP contribution in [0.5, 0.6) is 0 Å². The number of nitrogens with zero attached hydrogens (tertiary/aromatic N) is 1. The topological polar surface area (TPSA) is 57.6 Å². The molecule has 1 aromatic carbocycles. The molecule has 1 heterocycles. The van der Waals surface area contributed by atoms with Gasteiger partial charge in [0, 0.05) is 38.1 Å². The molecule has 4 nitrogen and oxygen atoms in total. The highest BCUT2D eigenvalue weighted by molar-refractivity contribution is 5.96. The van der Waals surface area contributed by atoms with Crippen molar-refractivity contribution in [3.05, 3.63) is 35.9 Å². The van der Waals surface area contributed by atoms with Crippen LogP contribution in [-0.2, 0) is 4.79 Å². The normalized spacial score (nSPS) is 18.5. The van der Waals surface area contributed by atoms with Crippen molar-refractivity contribution in [2.45, 2.75) is 32.1 Å². The summed E-state index contributed by atoms with van der Waals surface area (Å²) < 4.78 is 0. The molecule has 1 aliphatic heterocycles. The highest BCUT2D eigenvalue weighted by Gasteiger charge is 2.22. The van der Waals surface area contributed by atoms with E-state index in [-0.39, 0.29) is 24.2 Å². The number of Topliss-reactive ketones (excluding diaryl/α,β-unsaturated/α-hetero) is 1. The minimum atomic E-state index is 0.0929. The van der Waals surface area contributed by atoms with Crippen molar-refractivity contribution in [2.75, 3.05) is 19.7 Å². The van der Waals surface area contributed by atoms with Gasteiger partial charge in [-0.1, -0.05) is 30.3 Å². The Hall–Kier alpha value is -1.68. The van der Waals surface area contributed by atoms with Crippen molar-refractivity contribution < 1.29 is 14.7 Å². The van der Waals surface area contributed by atoms with Crippen molar-refractivity contribution in [1.29, 1.82) is 0 Å². The molecule has 1 N–H and O–H groups in total. The Morgan fingerprint density at radius 1 is 1.19 bits per heavy atom. The second-order valence-electron chi connectivity index (χ2n) is 5.67. The average molecular weight is 289 g/mol. The number of piperidine rings is 1. The van der Waals surface area contributed by atoms with Gasteiger partial charge in [-0.2, -0.15) is 0 Å². The Kier molecular flexibility index (Phi) is 5.93. The summed E-state index contributed by atoms with van der Waals surface area (Å²) in [4.78, 5) is 25.9. The predicted molar refractivity (Wildman–Crippen MR) is 81.0 cm³/mol. The minimum absolute atomic E-state index is 0.0929. The second kappa shape index (κ2) is 7.93. The van der Waals surface area contributed by atoms with Crippen LogP contribution in [-0.4, -0.2) is 41.4 Å². The number of amides is 1. The molecule has 0 spiro atoms. The van der Waals surface area contributed by atoms with Gasteiger partial charge < -0.3 is 10.0 Å². The number of likely N-dealkylation sites (tertiary alicyclic amines) is 1. The molecular formula is C17H23NO3. The summed E-state index contributed by atoms with van der Waals surface area (Å²) in [5.41, 5.74) is 0.711. The first kappa shape index (κ1) is 15.7. The maximum Gasteiger partial charge on any atom is 0.222 e. The summed E-state index contributed by atoms with van der Waals surface area (Å²) in [6.45, 7) is 1.58. The van der Waals surface area contributed by atoms with E-state index in [2.05, 4.69) is 0 Å². The van der Waals surface area contributed by atoms with Gasteiger partial charge in [-0.05, 0) is 25.2 Å². The van der Waals surface area contributed by atoms with Crippen LogP contribution in [0.4, 0.5) is 0 Å².